The molecule has 2 N–H and O–H groups in total. The maximum Gasteiger partial charge on any atom is 0.335 e. The number of aromatic carboxylic acids is 1. The Balaban J connectivity index is 0.00000182. The zero-order valence-corrected chi connectivity index (χ0v) is 14.1. The van der Waals surface area contributed by atoms with Crippen LogP contribution in [0.3, 0.4) is 0 Å². The zero-order valence-electron chi connectivity index (χ0n) is 13.3. The van der Waals surface area contributed by atoms with Gasteiger partial charge in [-0.1, -0.05) is 0 Å². The summed E-state index contributed by atoms with van der Waals surface area (Å²) < 4.78 is 3.33. The first-order valence-corrected chi connectivity index (χ1v) is 7.79. The van der Waals surface area contributed by atoms with Gasteiger partial charge in [-0.25, -0.2) is 14.6 Å². The molecule has 1 aliphatic rings. The van der Waals surface area contributed by atoms with Crippen LogP contribution in [0.5, 0.6) is 0 Å². The number of halogens is 1. The highest BCUT2D eigenvalue weighted by atomic mass is 35.5. The molecule has 25 heavy (non-hydrogen) atoms. The second kappa shape index (κ2) is 6.70. The van der Waals surface area contributed by atoms with E-state index in [1.807, 2.05) is 6.07 Å². The molecule has 0 aliphatic carbocycles. The molecule has 0 bridgehead atoms. The van der Waals surface area contributed by atoms with E-state index in [4.69, 9.17) is 5.11 Å². The van der Waals surface area contributed by atoms with Crippen LogP contribution < -0.4 is 11.0 Å². The van der Waals surface area contributed by atoms with Crippen LogP contribution in [0.4, 0.5) is 0 Å². The molecule has 1 aromatic carbocycles. The predicted octanol–water partition coefficient (Wildman–Crippen LogP) is 1.84. The number of imidazole rings is 1. The summed E-state index contributed by atoms with van der Waals surface area (Å²) in [6, 6.07) is 10.0. The Labute approximate surface area is 149 Å². The molecule has 0 unspecified atom stereocenters. The van der Waals surface area contributed by atoms with Crippen LogP contribution in [-0.2, 0) is 0 Å². The highest BCUT2D eigenvalue weighted by molar-refractivity contribution is 5.88. The Morgan fingerprint density at radius 1 is 1.24 bits per heavy atom. The fourth-order valence-electron chi connectivity index (χ4n) is 3.24. The van der Waals surface area contributed by atoms with Gasteiger partial charge in [0.05, 0.1) is 22.8 Å². The molecule has 1 aliphatic heterocycles. The van der Waals surface area contributed by atoms with E-state index >= 15 is 0 Å². The molecule has 2 aromatic heterocycles. The first-order valence-electron chi connectivity index (χ1n) is 7.79. The number of carboxylic acids is 1. The highest BCUT2D eigenvalue weighted by Gasteiger charge is 2.24. The van der Waals surface area contributed by atoms with Gasteiger partial charge in [0.25, 0.3) is 0 Å². The summed E-state index contributed by atoms with van der Waals surface area (Å²) in [6.45, 7) is 1.62. The maximum atomic E-state index is 13.0. The lowest BCUT2D eigenvalue weighted by Crippen LogP contribution is -2.28. The standard InChI is InChI=1S/C17H16N4O3.ClH/c22-16(23)11-3-5-12(6-4-11)20-14-2-1-8-19-15(14)21(17(20)24)13-7-9-18-10-13;/h1-6,8,13,18H,7,9-10H2,(H,22,23);1H/t13-;/m0./s1. The van der Waals surface area contributed by atoms with Crippen molar-refractivity contribution in [2.75, 3.05) is 13.1 Å². The van der Waals surface area contributed by atoms with Crippen LogP contribution in [0, 0.1) is 0 Å². The number of carboxylic acid groups (broad SMARTS) is 1. The molecule has 3 heterocycles. The summed E-state index contributed by atoms with van der Waals surface area (Å²) in [5, 5.41) is 12.3. The van der Waals surface area contributed by atoms with Crippen LogP contribution in [0.2, 0.25) is 0 Å². The molecule has 0 amide bonds. The number of fused-ring (bicyclic) bond motifs is 1. The van der Waals surface area contributed by atoms with E-state index in [0.29, 0.717) is 11.3 Å². The van der Waals surface area contributed by atoms with Crippen LogP contribution in [0.25, 0.3) is 16.9 Å². The minimum Gasteiger partial charge on any atom is -0.478 e. The summed E-state index contributed by atoms with van der Waals surface area (Å²) in [5.74, 6) is -0.991. The third-order valence-electron chi connectivity index (χ3n) is 4.40. The van der Waals surface area contributed by atoms with E-state index in [9.17, 15) is 9.59 Å². The fourth-order valence-corrected chi connectivity index (χ4v) is 3.24. The van der Waals surface area contributed by atoms with E-state index in [-0.39, 0.29) is 29.7 Å². The number of hydrogen-bond donors (Lipinski definition) is 2. The number of hydrogen-bond acceptors (Lipinski definition) is 4. The highest BCUT2D eigenvalue weighted by Crippen LogP contribution is 2.22. The third kappa shape index (κ3) is 2.81. The fraction of sp³-hybridized carbons (Fsp3) is 0.235. The topological polar surface area (TPSA) is 89.1 Å². The maximum absolute atomic E-state index is 13.0. The van der Waals surface area contributed by atoms with E-state index < -0.39 is 5.97 Å². The number of aromatic nitrogens is 3. The third-order valence-corrected chi connectivity index (χ3v) is 4.40. The van der Waals surface area contributed by atoms with Crippen LogP contribution in [0.15, 0.2) is 47.4 Å². The molecule has 1 fully saturated rings. The van der Waals surface area contributed by atoms with Gasteiger partial charge in [-0.15, -0.1) is 12.4 Å². The molecular weight excluding hydrogens is 344 g/mol. The molecule has 4 rings (SSSR count). The molecular formula is C17H17ClN4O3. The van der Waals surface area contributed by atoms with Crippen molar-refractivity contribution in [3.8, 4) is 5.69 Å². The Morgan fingerprint density at radius 2 is 2.00 bits per heavy atom. The second-order valence-corrected chi connectivity index (χ2v) is 5.83. The molecule has 3 aromatic rings. The smallest absolute Gasteiger partial charge is 0.335 e. The van der Waals surface area contributed by atoms with Gasteiger partial charge in [0.2, 0.25) is 0 Å². The van der Waals surface area contributed by atoms with Gasteiger partial charge in [0, 0.05) is 12.7 Å². The SMILES string of the molecule is Cl.O=C(O)c1ccc(-n2c(=O)n([C@H]3CCNC3)c3ncccc32)cc1. The molecule has 7 nitrogen and oxygen atoms in total. The van der Waals surface area contributed by atoms with Crippen molar-refractivity contribution in [3.63, 3.8) is 0 Å². The van der Waals surface area contributed by atoms with Crippen molar-refractivity contribution in [2.45, 2.75) is 12.5 Å². The average molecular weight is 361 g/mol. The monoisotopic (exact) mass is 360 g/mol. The number of nitrogens with zero attached hydrogens (tertiary/aromatic N) is 3. The van der Waals surface area contributed by atoms with E-state index in [2.05, 4.69) is 10.3 Å². The first kappa shape index (κ1) is 17.2. The van der Waals surface area contributed by atoms with Crippen molar-refractivity contribution >= 4 is 29.5 Å². The minimum atomic E-state index is -0.991. The molecule has 1 saturated heterocycles. The van der Waals surface area contributed by atoms with Crippen LogP contribution in [-0.4, -0.2) is 38.3 Å². The van der Waals surface area contributed by atoms with Gasteiger partial charge < -0.3 is 10.4 Å². The lowest BCUT2D eigenvalue weighted by atomic mass is 10.2. The largest absolute Gasteiger partial charge is 0.478 e. The van der Waals surface area contributed by atoms with Crippen molar-refractivity contribution in [1.29, 1.82) is 0 Å². The van der Waals surface area contributed by atoms with Gasteiger partial charge >= 0.3 is 11.7 Å². The number of benzene rings is 1. The lowest BCUT2D eigenvalue weighted by molar-refractivity contribution is 0.0697. The van der Waals surface area contributed by atoms with Crippen molar-refractivity contribution in [3.05, 3.63) is 58.6 Å². The summed E-state index contributed by atoms with van der Waals surface area (Å²) >= 11 is 0. The van der Waals surface area contributed by atoms with Crippen LogP contribution in [0.1, 0.15) is 22.8 Å². The quantitative estimate of drug-likeness (QED) is 0.744. The van der Waals surface area contributed by atoms with Gasteiger partial charge in [-0.3, -0.25) is 9.13 Å². The van der Waals surface area contributed by atoms with Gasteiger partial charge in [0.1, 0.15) is 0 Å². The van der Waals surface area contributed by atoms with E-state index in [0.717, 1.165) is 25.0 Å². The van der Waals surface area contributed by atoms with Gasteiger partial charge in [0.15, 0.2) is 5.65 Å². The van der Waals surface area contributed by atoms with Crippen LogP contribution >= 0.6 is 12.4 Å². The number of rotatable bonds is 3. The zero-order chi connectivity index (χ0) is 16.7. The number of nitrogens with one attached hydrogen (secondary N) is 1. The summed E-state index contributed by atoms with van der Waals surface area (Å²) in [4.78, 5) is 28.5. The molecule has 130 valence electrons. The molecule has 0 saturated carbocycles. The number of carbonyl (C=O) groups is 1. The second-order valence-electron chi connectivity index (χ2n) is 5.83. The lowest BCUT2D eigenvalue weighted by Gasteiger charge is -2.09. The van der Waals surface area contributed by atoms with E-state index in [1.165, 1.54) is 12.1 Å². The molecule has 0 spiro atoms. The summed E-state index contributed by atoms with van der Waals surface area (Å²) in [7, 11) is 0. The summed E-state index contributed by atoms with van der Waals surface area (Å²) in [5.41, 5.74) is 2.04. The minimum absolute atomic E-state index is 0. The summed E-state index contributed by atoms with van der Waals surface area (Å²) in [6.07, 6.45) is 2.56. The Bertz CT molecular complexity index is 972. The Morgan fingerprint density at radius 3 is 2.64 bits per heavy atom. The molecule has 8 heteroatoms. The Kier molecular flexibility index (Phi) is 4.61. The van der Waals surface area contributed by atoms with Gasteiger partial charge in [-0.2, -0.15) is 0 Å². The first-order chi connectivity index (χ1) is 11.7. The average Bonchev–Trinajstić information content (AvgIpc) is 3.20. The normalized spacial score (nSPS) is 16.7. The van der Waals surface area contributed by atoms with Crippen molar-refractivity contribution in [1.82, 2.24) is 19.4 Å². The van der Waals surface area contributed by atoms with Crippen molar-refractivity contribution < 1.29 is 9.90 Å². The number of pyridine rings is 1. The molecule has 0 radical (unpaired) electrons. The van der Waals surface area contributed by atoms with Gasteiger partial charge in [-0.05, 0) is 49.4 Å². The predicted molar refractivity (Wildman–Crippen MR) is 96.1 cm³/mol. The Hall–Kier alpha value is -2.64. The molecule has 1 atom stereocenters. The van der Waals surface area contributed by atoms with Crippen molar-refractivity contribution in [2.24, 2.45) is 0 Å². The van der Waals surface area contributed by atoms with E-state index in [1.54, 1.807) is 33.5 Å².